The van der Waals surface area contributed by atoms with E-state index in [1.807, 2.05) is 27.7 Å². The number of piperidine rings is 1. The number of carbonyl (C=O) groups excluding carboxylic acids is 1. The number of nitrogens with zero attached hydrogens (tertiary/aromatic N) is 3. The second-order valence-corrected chi connectivity index (χ2v) is 6.03. The maximum Gasteiger partial charge on any atom is 0.143 e. The second kappa shape index (κ2) is 13.0. The van der Waals surface area contributed by atoms with Gasteiger partial charge in [-0.15, -0.1) is 0 Å². The van der Waals surface area contributed by atoms with Crippen molar-refractivity contribution < 1.29 is 4.79 Å². The molecule has 0 amide bonds. The lowest BCUT2D eigenvalue weighted by Crippen LogP contribution is -2.49. The van der Waals surface area contributed by atoms with E-state index in [0.717, 1.165) is 32.1 Å². The third-order valence-corrected chi connectivity index (χ3v) is 4.27. The third kappa shape index (κ3) is 8.86. The van der Waals surface area contributed by atoms with Crippen molar-refractivity contribution in [2.24, 2.45) is 5.92 Å². The molecule has 2 fully saturated rings. The number of likely N-dealkylation sites (tertiary alicyclic amines) is 1. The van der Waals surface area contributed by atoms with Crippen LogP contribution in [0.4, 0.5) is 0 Å². The molecule has 2 rings (SSSR count). The van der Waals surface area contributed by atoms with Gasteiger partial charge in [0.05, 0.1) is 6.54 Å². The molecule has 0 N–H and O–H groups in total. The molecule has 2 heterocycles. The average Bonchev–Trinajstić information content (AvgIpc) is 2.55. The van der Waals surface area contributed by atoms with E-state index in [9.17, 15) is 4.79 Å². The summed E-state index contributed by atoms with van der Waals surface area (Å²) in [5, 5.41) is 0. The molecular formula is C18H39N3O. The molecule has 0 aromatic heterocycles. The van der Waals surface area contributed by atoms with E-state index in [4.69, 9.17) is 0 Å². The van der Waals surface area contributed by atoms with Crippen molar-refractivity contribution in [3.05, 3.63) is 0 Å². The maximum atomic E-state index is 11.1. The topological polar surface area (TPSA) is 26.8 Å². The van der Waals surface area contributed by atoms with Crippen molar-refractivity contribution in [3.63, 3.8) is 0 Å². The highest BCUT2D eigenvalue weighted by molar-refractivity contribution is 5.77. The van der Waals surface area contributed by atoms with Crippen molar-refractivity contribution in [2.75, 3.05) is 59.4 Å². The Morgan fingerprint density at radius 3 is 1.77 bits per heavy atom. The molecule has 0 saturated carbocycles. The lowest BCUT2D eigenvalue weighted by atomic mass is 9.96. The Morgan fingerprint density at radius 2 is 1.32 bits per heavy atom. The molecule has 4 nitrogen and oxygen atoms in total. The molecule has 0 atom stereocenters. The summed E-state index contributed by atoms with van der Waals surface area (Å²) in [5.41, 5.74) is 0. The molecule has 0 bridgehead atoms. The fourth-order valence-electron chi connectivity index (χ4n) is 3.05. The zero-order valence-corrected chi connectivity index (χ0v) is 15.9. The average molecular weight is 314 g/mol. The van der Waals surface area contributed by atoms with Gasteiger partial charge in [0, 0.05) is 32.7 Å². The lowest BCUT2D eigenvalue weighted by molar-refractivity contribution is -0.118. The summed E-state index contributed by atoms with van der Waals surface area (Å²) in [6.07, 6.45) is 2.70. The van der Waals surface area contributed by atoms with Gasteiger partial charge in [0.25, 0.3) is 0 Å². The first-order chi connectivity index (χ1) is 10.6. The SMILES string of the molecule is CC.CC.CC(=O)CN1CCN(CC2CCN(C)CC2)CC1. The monoisotopic (exact) mass is 313 g/mol. The van der Waals surface area contributed by atoms with Gasteiger partial charge >= 0.3 is 0 Å². The second-order valence-electron chi connectivity index (χ2n) is 6.03. The van der Waals surface area contributed by atoms with Crippen molar-refractivity contribution in [3.8, 4) is 0 Å². The van der Waals surface area contributed by atoms with Gasteiger partial charge in [0.1, 0.15) is 5.78 Å². The van der Waals surface area contributed by atoms with Crippen LogP contribution in [-0.4, -0.2) is 79.9 Å². The van der Waals surface area contributed by atoms with E-state index >= 15 is 0 Å². The van der Waals surface area contributed by atoms with E-state index in [-0.39, 0.29) is 0 Å². The van der Waals surface area contributed by atoms with E-state index in [1.54, 1.807) is 6.92 Å². The Bertz CT molecular complexity index is 268. The van der Waals surface area contributed by atoms with Crippen LogP contribution in [-0.2, 0) is 4.79 Å². The number of ketones is 1. The number of hydrogen-bond donors (Lipinski definition) is 0. The fraction of sp³-hybridized carbons (Fsp3) is 0.944. The highest BCUT2D eigenvalue weighted by Gasteiger charge is 2.22. The lowest BCUT2D eigenvalue weighted by Gasteiger charge is -2.38. The maximum absolute atomic E-state index is 11.1. The van der Waals surface area contributed by atoms with Crippen LogP contribution in [0.5, 0.6) is 0 Å². The van der Waals surface area contributed by atoms with Crippen LogP contribution in [0, 0.1) is 5.92 Å². The molecule has 0 radical (unpaired) electrons. The summed E-state index contributed by atoms with van der Waals surface area (Å²) in [6, 6.07) is 0. The van der Waals surface area contributed by atoms with Gasteiger partial charge in [-0.2, -0.15) is 0 Å². The molecule has 2 saturated heterocycles. The van der Waals surface area contributed by atoms with E-state index in [2.05, 4.69) is 21.7 Å². The number of carbonyl (C=O) groups is 1. The number of rotatable bonds is 4. The third-order valence-electron chi connectivity index (χ3n) is 4.27. The van der Waals surface area contributed by atoms with Crippen LogP contribution in [0.1, 0.15) is 47.5 Å². The number of hydrogen-bond acceptors (Lipinski definition) is 4. The summed E-state index contributed by atoms with van der Waals surface area (Å²) in [4.78, 5) is 18.4. The van der Waals surface area contributed by atoms with Crippen molar-refractivity contribution in [2.45, 2.75) is 47.5 Å². The molecule has 2 aliphatic heterocycles. The predicted octanol–water partition coefficient (Wildman–Crippen LogP) is 2.59. The summed E-state index contributed by atoms with van der Waals surface area (Å²) in [7, 11) is 2.22. The Morgan fingerprint density at radius 1 is 0.864 bits per heavy atom. The van der Waals surface area contributed by atoms with Crippen LogP contribution < -0.4 is 0 Å². The van der Waals surface area contributed by atoms with Gasteiger partial charge in [-0.05, 0) is 45.8 Å². The van der Waals surface area contributed by atoms with Crippen LogP contribution in [0.15, 0.2) is 0 Å². The van der Waals surface area contributed by atoms with Gasteiger partial charge in [-0.1, -0.05) is 27.7 Å². The fourth-order valence-corrected chi connectivity index (χ4v) is 3.05. The first-order valence-corrected chi connectivity index (χ1v) is 9.26. The molecule has 0 aromatic carbocycles. The summed E-state index contributed by atoms with van der Waals surface area (Å²) >= 11 is 0. The molecule has 4 heteroatoms. The smallest absolute Gasteiger partial charge is 0.143 e. The normalized spacial score (nSPS) is 21.4. The molecule has 22 heavy (non-hydrogen) atoms. The van der Waals surface area contributed by atoms with E-state index in [1.165, 1.54) is 32.5 Å². The van der Waals surface area contributed by atoms with Gasteiger partial charge < -0.3 is 9.80 Å². The van der Waals surface area contributed by atoms with Crippen molar-refractivity contribution >= 4 is 5.78 Å². The largest absolute Gasteiger partial charge is 0.306 e. The van der Waals surface area contributed by atoms with Crippen LogP contribution in [0.3, 0.4) is 0 Å². The van der Waals surface area contributed by atoms with Crippen molar-refractivity contribution in [1.29, 1.82) is 0 Å². The van der Waals surface area contributed by atoms with Crippen LogP contribution in [0.25, 0.3) is 0 Å². The minimum atomic E-state index is 0.291. The van der Waals surface area contributed by atoms with E-state index in [0.29, 0.717) is 12.3 Å². The number of Topliss-reactive ketones (excluding diaryl/α,β-unsaturated/α-hetero) is 1. The zero-order chi connectivity index (χ0) is 17.0. The Labute approximate surface area is 138 Å². The minimum Gasteiger partial charge on any atom is -0.306 e. The van der Waals surface area contributed by atoms with Crippen LogP contribution >= 0.6 is 0 Å². The van der Waals surface area contributed by atoms with E-state index < -0.39 is 0 Å². The summed E-state index contributed by atoms with van der Waals surface area (Å²) < 4.78 is 0. The standard InChI is InChI=1S/C14H27N3O.2C2H6/c1-13(18)11-16-7-9-17(10-8-16)12-14-3-5-15(2)6-4-14;2*1-2/h14H,3-12H2,1-2H3;2*1-2H3. The highest BCUT2D eigenvalue weighted by atomic mass is 16.1. The number of piperazine rings is 1. The summed E-state index contributed by atoms with van der Waals surface area (Å²) in [5.74, 6) is 1.18. The molecule has 0 aliphatic carbocycles. The molecule has 0 aromatic rings. The predicted molar refractivity (Wildman–Crippen MR) is 96.5 cm³/mol. The van der Waals surface area contributed by atoms with Crippen LogP contribution in [0.2, 0.25) is 0 Å². The molecule has 2 aliphatic rings. The van der Waals surface area contributed by atoms with Gasteiger partial charge in [0.15, 0.2) is 0 Å². The zero-order valence-electron chi connectivity index (χ0n) is 15.9. The quantitative estimate of drug-likeness (QED) is 0.797. The minimum absolute atomic E-state index is 0.291. The van der Waals surface area contributed by atoms with Gasteiger partial charge in [-0.25, -0.2) is 0 Å². The molecular weight excluding hydrogens is 274 g/mol. The van der Waals surface area contributed by atoms with Gasteiger partial charge in [-0.3, -0.25) is 9.69 Å². The van der Waals surface area contributed by atoms with Gasteiger partial charge in [0.2, 0.25) is 0 Å². The Balaban J connectivity index is 0.00000102. The molecule has 132 valence electrons. The highest BCUT2D eigenvalue weighted by Crippen LogP contribution is 2.18. The molecule has 0 unspecified atom stereocenters. The Kier molecular flexibility index (Phi) is 12.8. The van der Waals surface area contributed by atoms with Crippen molar-refractivity contribution in [1.82, 2.24) is 14.7 Å². The summed E-state index contributed by atoms with van der Waals surface area (Å²) in [6.45, 7) is 18.5. The first-order valence-electron chi connectivity index (χ1n) is 9.26. The Hall–Kier alpha value is -0.450. The molecule has 0 spiro atoms. The first kappa shape index (κ1) is 21.6.